The van der Waals surface area contributed by atoms with Gasteiger partial charge in [-0.25, -0.2) is 0 Å². The van der Waals surface area contributed by atoms with E-state index in [1.165, 1.54) is 15.6 Å². The van der Waals surface area contributed by atoms with Crippen LogP contribution in [0.1, 0.15) is 22.9 Å². The maximum absolute atomic E-state index is 5.40. The highest BCUT2D eigenvalue weighted by Gasteiger charge is 2.15. The molecule has 0 aliphatic rings. The zero-order valence-corrected chi connectivity index (χ0v) is 11.6. The number of likely N-dealkylation sites (N-methyl/N-ethyl adjacent to an activating group) is 1. The topological polar surface area (TPSA) is 25.2 Å². The number of aryl methyl sites for hydroxylation is 1. The maximum Gasteiger partial charge on any atom is 0.105 e. The molecule has 0 bridgehead atoms. The molecule has 90 valence electrons. The van der Waals surface area contributed by atoms with Crippen molar-refractivity contribution >= 4 is 15.9 Å². The van der Waals surface area contributed by atoms with Crippen molar-refractivity contribution in [3.63, 3.8) is 0 Å². The molecule has 1 N–H and O–H groups in total. The monoisotopic (exact) mass is 293 g/mol. The fraction of sp³-hybridized carbons (Fsp3) is 0.286. The number of hydrogen-bond donors (Lipinski definition) is 1. The third kappa shape index (κ3) is 2.79. The van der Waals surface area contributed by atoms with E-state index in [0.717, 1.165) is 12.2 Å². The normalized spacial score (nSPS) is 12.6. The van der Waals surface area contributed by atoms with Crippen molar-refractivity contribution in [2.45, 2.75) is 19.4 Å². The molecule has 0 aliphatic heterocycles. The lowest BCUT2D eigenvalue weighted by Crippen LogP contribution is -2.19. The molecule has 0 aliphatic carbocycles. The highest BCUT2D eigenvalue weighted by atomic mass is 79.9. The van der Waals surface area contributed by atoms with Gasteiger partial charge in [0.15, 0.2) is 0 Å². The molecule has 1 aromatic carbocycles. The minimum Gasteiger partial charge on any atom is -0.469 e. The zero-order valence-electron chi connectivity index (χ0n) is 10.0. The van der Waals surface area contributed by atoms with E-state index in [1.54, 1.807) is 6.26 Å². The molecule has 2 nitrogen and oxygen atoms in total. The lowest BCUT2D eigenvalue weighted by molar-refractivity contribution is 0.465. The second kappa shape index (κ2) is 5.52. The summed E-state index contributed by atoms with van der Waals surface area (Å²) in [5.74, 6) is 0.998. The lowest BCUT2D eigenvalue weighted by atomic mass is 10.0. The highest BCUT2D eigenvalue weighted by molar-refractivity contribution is 9.10. The van der Waals surface area contributed by atoms with E-state index < -0.39 is 0 Å². The van der Waals surface area contributed by atoms with Crippen LogP contribution in [0.25, 0.3) is 0 Å². The Hall–Kier alpha value is -1.06. The first-order chi connectivity index (χ1) is 8.22. The fourth-order valence-corrected chi connectivity index (χ4v) is 2.48. The van der Waals surface area contributed by atoms with Gasteiger partial charge >= 0.3 is 0 Å². The number of rotatable bonds is 4. The van der Waals surface area contributed by atoms with Gasteiger partial charge in [0.1, 0.15) is 5.76 Å². The Morgan fingerprint density at radius 3 is 2.76 bits per heavy atom. The van der Waals surface area contributed by atoms with Gasteiger partial charge in [-0.2, -0.15) is 0 Å². The van der Waals surface area contributed by atoms with Gasteiger partial charge in [-0.3, -0.25) is 0 Å². The summed E-state index contributed by atoms with van der Waals surface area (Å²) < 4.78 is 6.57. The van der Waals surface area contributed by atoms with Gasteiger partial charge in [0.2, 0.25) is 0 Å². The summed E-state index contributed by atoms with van der Waals surface area (Å²) in [5.41, 5.74) is 2.52. The Morgan fingerprint density at radius 1 is 1.29 bits per heavy atom. The van der Waals surface area contributed by atoms with Crippen LogP contribution in [0.4, 0.5) is 0 Å². The van der Waals surface area contributed by atoms with E-state index in [2.05, 4.69) is 46.4 Å². The Labute approximate surface area is 110 Å². The van der Waals surface area contributed by atoms with Crippen LogP contribution in [0, 0.1) is 6.92 Å². The van der Waals surface area contributed by atoms with Crippen molar-refractivity contribution in [1.29, 1.82) is 0 Å². The van der Waals surface area contributed by atoms with E-state index in [4.69, 9.17) is 4.42 Å². The summed E-state index contributed by atoms with van der Waals surface area (Å²) in [7, 11) is 1.97. The summed E-state index contributed by atoms with van der Waals surface area (Å²) in [4.78, 5) is 0. The van der Waals surface area contributed by atoms with E-state index in [-0.39, 0.29) is 6.04 Å². The van der Waals surface area contributed by atoms with Crippen molar-refractivity contribution in [2.75, 3.05) is 7.05 Å². The minimum absolute atomic E-state index is 0.260. The van der Waals surface area contributed by atoms with Crippen LogP contribution in [0.5, 0.6) is 0 Å². The Morgan fingerprint density at radius 2 is 2.12 bits per heavy atom. The van der Waals surface area contributed by atoms with Crippen LogP contribution >= 0.6 is 15.9 Å². The molecule has 1 aromatic heterocycles. The molecule has 1 unspecified atom stereocenters. The van der Waals surface area contributed by atoms with Crippen LogP contribution < -0.4 is 5.32 Å². The molecule has 17 heavy (non-hydrogen) atoms. The number of hydrogen-bond acceptors (Lipinski definition) is 2. The lowest BCUT2D eigenvalue weighted by Gasteiger charge is -2.18. The van der Waals surface area contributed by atoms with Crippen LogP contribution in [-0.2, 0) is 6.42 Å². The fourth-order valence-electron chi connectivity index (χ4n) is 1.94. The predicted octanol–water partition coefficient (Wildman–Crippen LogP) is 3.85. The largest absolute Gasteiger partial charge is 0.469 e. The van der Waals surface area contributed by atoms with E-state index in [0.29, 0.717) is 0 Å². The standard InChI is InChI=1S/C14H16BrNO/c1-10-5-3-7-12(14(10)15)13(16-2)9-11-6-4-8-17-11/h3-8,13,16H,9H2,1-2H3. The molecule has 3 heteroatoms. The number of furan rings is 1. The Kier molecular flexibility index (Phi) is 4.02. The predicted molar refractivity (Wildman–Crippen MR) is 73.1 cm³/mol. The van der Waals surface area contributed by atoms with Crippen molar-refractivity contribution in [1.82, 2.24) is 5.32 Å². The molecule has 0 saturated heterocycles. The molecular formula is C14H16BrNO. The summed E-state index contributed by atoms with van der Waals surface area (Å²) >= 11 is 3.66. The second-order valence-electron chi connectivity index (χ2n) is 4.10. The van der Waals surface area contributed by atoms with Crippen molar-refractivity contribution in [3.05, 3.63) is 58.0 Å². The van der Waals surface area contributed by atoms with E-state index in [9.17, 15) is 0 Å². The van der Waals surface area contributed by atoms with E-state index in [1.807, 2.05) is 19.2 Å². The van der Waals surface area contributed by atoms with Gasteiger partial charge < -0.3 is 9.73 Å². The maximum atomic E-state index is 5.40. The van der Waals surface area contributed by atoms with Crippen LogP contribution in [0.15, 0.2) is 45.5 Å². The van der Waals surface area contributed by atoms with Crippen molar-refractivity contribution < 1.29 is 4.42 Å². The summed E-state index contributed by atoms with van der Waals surface area (Å²) in [5, 5.41) is 3.33. The first-order valence-electron chi connectivity index (χ1n) is 5.67. The molecular weight excluding hydrogens is 278 g/mol. The summed E-state index contributed by atoms with van der Waals surface area (Å²) in [6.07, 6.45) is 2.57. The van der Waals surface area contributed by atoms with Crippen molar-refractivity contribution in [2.24, 2.45) is 0 Å². The van der Waals surface area contributed by atoms with E-state index >= 15 is 0 Å². The molecule has 0 amide bonds. The number of benzene rings is 1. The quantitative estimate of drug-likeness (QED) is 0.926. The average Bonchev–Trinajstić information content (AvgIpc) is 2.83. The average molecular weight is 294 g/mol. The first kappa shape index (κ1) is 12.4. The minimum atomic E-state index is 0.260. The van der Waals surface area contributed by atoms with Crippen LogP contribution in [-0.4, -0.2) is 7.05 Å². The molecule has 2 rings (SSSR count). The molecule has 1 atom stereocenters. The smallest absolute Gasteiger partial charge is 0.105 e. The SMILES string of the molecule is CNC(Cc1ccco1)c1cccc(C)c1Br. The molecule has 2 aromatic rings. The van der Waals surface area contributed by atoms with Crippen LogP contribution in [0.2, 0.25) is 0 Å². The van der Waals surface area contributed by atoms with Gasteiger partial charge in [0.05, 0.1) is 6.26 Å². The van der Waals surface area contributed by atoms with Crippen molar-refractivity contribution in [3.8, 4) is 0 Å². The summed E-state index contributed by atoms with van der Waals surface area (Å²) in [6, 6.07) is 10.5. The number of nitrogens with one attached hydrogen (secondary N) is 1. The molecule has 0 spiro atoms. The Bertz CT molecular complexity index is 479. The van der Waals surface area contributed by atoms with Gasteiger partial charge in [-0.1, -0.05) is 34.1 Å². The molecule has 0 radical (unpaired) electrons. The molecule has 0 saturated carbocycles. The number of halogens is 1. The molecule has 1 heterocycles. The zero-order chi connectivity index (χ0) is 12.3. The van der Waals surface area contributed by atoms with Gasteiger partial charge in [-0.15, -0.1) is 0 Å². The summed E-state index contributed by atoms with van der Waals surface area (Å²) in [6.45, 7) is 2.10. The highest BCUT2D eigenvalue weighted by Crippen LogP contribution is 2.28. The second-order valence-corrected chi connectivity index (χ2v) is 4.90. The van der Waals surface area contributed by atoms with Crippen LogP contribution in [0.3, 0.4) is 0 Å². The third-order valence-corrected chi connectivity index (χ3v) is 4.01. The molecule has 0 fully saturated rings. The Balaban J connectivity index is 2.26. The first-order valence-corrected chi connectivity index (χ1v) is 6.46. The third-order valence-electron chi connectivity index (χ3n) is 2.93. The van der Waals surface area contributed by atoms with Gasteiger partial charge in [-0.05, 0) is 37.2 Å². The van der Waals surface area contributed by atoms with Gasteiger partial charge in [0, 0.05) is 16.9 Å². The van der Waals surface area contributed by atoms with Gasteiger partial charge in [0.25, 0.3) is 0 Å².